The maximum absolute atomic E-state index is 10.0. The first-order chi connectivity index (χ1) is 5.77. The van der Waals surface area contributed by atoms with E-state index in [9.17, 15) is 4.79 Å². The van der Waals surface area contributed by atoms with E-state index in [0.29, 0.717) is 6.42 Å². The lowest BCUT2D eigenvalue weighted by atomic mass is 10.2. The molecular formula is C9H19BrO2. The molecule has 74 valence electrons. The standard InChI is InChI=1S/C7H13BrO2.C2H6/c8-6-4-2-1-3-5-7(9)10;1-2/h1-6H2,(H,9,10);1-2H3. The van der Waals surface area contributed by atoms with Gasteiger partial charge in [-0.25, -0.2) is 0 Å². The van der Waals surface area contributed by atoms with Crippen LogP contribution in [0.3, 0.4) is 0 Å². The van der Waals surface area contributed by atoms with Gasteiger partial charge in [-0.2, -0.15) is 0 Å². The zero-order valence-corrected chi connectivity index (χ0v) is 9.56. The molecule has 0 rings (SSSR count). The second kappa shape index (κ2) is 13.5. The smallest absolute Gasteiger partial charge is 0.303 e. The van der Waals surface area contributed by atoms with Crippen molar-refractivity contribution in [2.45, 2.75) is 46.0 Å². The highest BCUT2D eigenvalue weighted by Gasteiger charge is 1.94. The molecule has 0 amide bonds. The third-order valence-electron chi connectivity index (χ3n) is 1.27. The average molecular weight is 239 g/mol. The molecule has 0 aromatic heterocycles. The lowest BCUT2D eigenvalue weighted by Crippen LogP contribution is -1.93. The van der Waals surface area contributed by atoms with Gasteiger partial charge in [-0.1, -0.05) is 42.6 Å². The molecule has 0 aromatic rings. The molecule has 0 aromatic carbocycles. The molecule has 0 heterocycles. The predicted molar refractivity (Wildman–Crippen MR) is 55.9 cm³/mol. The molecule has 0 aliphatic carbocycles. The monoisotopic (exact) mass is 238 g/mol. The third kappa shape index (κ3) is 16.5. The Kier molecular flexibility index (Phi) is 16.3. The molecule has 0 aliphatic rings. The molecule has 1 N–H and O–H groups in total. The summed E-state index contributed by atoms with van der Waals surface area (Å²) in [4.78, 5) is 10.0. The molecule has 12 heavy (non-hydrogen) atoms. The van der Waals surface area contributed by atoms with Crippen molar-refractivity contribution >= 4 is 21.9 Å². The topological polar surface area (TPSA) is 37.3 Å². The lowest BCUT2D eigenvalue weighted by Gasteiger charge is -1.94. The van der Waals surface area contributed by atoms with E-state index in [-0.39, 0.29) is 0 Å². The van der Waals surface area contributed by atoms with Crippen molar-refractivity contribution in [3.8, 4) is 0 Å². The average Bonchev–Trinajstić information content (AvgIpc) is 2.07. The van der Waals surface area contributed by atoms with E-state index in [2.05, 4.69) is 15.9 Å². The molecular weight excluding hydrogens is 220 g/mol. The Hall–Kier alpha value is -0.0500. The zero-order chi connectivity index (χ0) is 9.82. The summed E-state index contributed by atoms with van der Waals surface area (Å²) in [5, 5.41) is 9.29. The van der Waals surface area contributed by atoms with Crippen LogP contribution in [0.2, 0.25) is 0 Å². The fraction of sp³-hybridized carbons (Fsp3) is 0.889. The van der Waals surface area contributed by atoms with Crippen molar-refractivity contribution < 1.29 is 9.90 Å². The molecule has 0 bridgehead atoms. The van der Waals surface area contributed by atoms with Crippen molar-refractivity contribution in [3.05, 3.63) is 0 Å². The Labute approximate surface area is 83.5 Å². The molecule has 0 fully saturated rings. The lowest BCUT2D eigenvalue weighted by molar-refractivity contribution is -0.137. The van der Waals surface area contributed by atoms with Gasteiger partial charge in [-0.3, -0.25) is 4.79 Å². The van der Waals surface area contributed by atoms with Crippen LogP contribution in [0.5, 0.6) is 0 Å². The first-order valence-electron chi connectivity index (χ1n) is 4.55. The fourth-order valence-corrected chi connectivity index (χ4v) is 1.12. The maximum Gasteiger partial charge on any atom is 0.303 e. The molecule has 0 aliphatic heterocycles. The largest absolute Gasteiger partial charge is 0.481 e. The Bertz CT molecular complexity index is 94.5. The molecule has 0 radical (unpaired) electrons. The first-order valence-corrected chi connectivity index (χ1v) is 5.67. The Morgan fingerprint density at radius 2 is 1.67 bits per heavy atom. The van der Waals surface area contributed by atoms with Gasteiger partial charge in [0.2, 0.25) is 0 Å². The van der Waals surface area contributed by atoms with Crippen molar-refractivity contribution in [3.63, 3.8) is 0 Å². The van der Waals surface area contributed by atoms with E-state index >= 15 is 0 Å². The van der Waals surface area contributed by atoms with Crippen molar-refractivity contribution in [2.24, 2.45) is 0 Å². The van der Waals surface area contributed by atoms with E-state index in [4.69, 9.17) is 5.11 Å². The van der Waals surface area contributed by atoms with Gasteiger partial charge in [0, 0.05) is 11.8 Å². The SMILES string of the molecule is CC.O=C(O)CCCCCCBr. The number of rotatable bonds is 6. The molecule has 2 nitrogen and oxygen atoms in total. The summed E-state index contributed by atoms with van der Waals surface area (Å²) in [5.74, 6) is -0.682. The first kappa shape index (κ1) is 14.5. The van der Waals surface area contributed by atoms with Crippen molar-refractivity contribution in [1.29, 1.82) is 0 Å². The zero-order valence-electron chi connectivity index (χ0n) is 7.98. The fourth-order valence-electron chi connectivity index (χ4n) is 0.724. The minimum absolute atomic E-state index is 0.322. The predicted octanol–water partition coefficient (Wildman–Crippen LogP) is 3.44. The van der Waals surface area contributed by atoms with E-state index in [1.807, 2.05) is 13.8 Å². The van der Waals surface area contributed by atoms with Crippen LogP contribution >= 0.6 is 15.9 Å². The van der Waals surface area contributed by atoms with Gasteiger partial charge in [0.1, 0.15) is 0 Å². The number of carbonyl (C=O) groups is 1. The van der Waals surface area contributed by atoms with Crippen LogP contribution in [0.4, 0.5) is 0 Å². The highest BCUT2D eigenvalue weighted by molar-refractivity contribution is 9.09. The number of alkyl halides is 1. The van der Waals surface area contributed by atoms with Gasteiger partial charge in [0.05, 0.1) is 0 Å². The number of hydrogen-bond acceptors (Lipinski definition) is 1. The number of unbranched alkanes of at least 4 members (excludes halogenated alkanes) is 3. The van der Waals surface area contributed by atoms with Crippen LogP contribution in [0, 0.1) is 0 Å². The highest BCUT2D eigenvalue weighted by Crippen LogP contribution is 2.03. The normalized spacial score (nSPS) is 8.58. The van der Waals surface area contributed by atoms with Gasteiger partial charge in [0.15, 0.2) is 0 Å². The number of carboxylic acid groups (broad SMARTS) is 1. The molecule has 0 saturated carbocycles. The van der Waals surface area contributed by atoms with E-state index in [1.54, 1.807) is 0 Å². The molecule has 0 atom stereocenters. The minimum atomic E-state index is -0.682. The van der Waals surface area contributed by atoms with E-state index < -0.39 is 5.97 Å². The summed E-state index contributed by atoms with van der Waals surface area (Å²) >= 11 is 3.31. The second-order valence-corrected chi connectivity index (χ2v) is 3.04. The highest BCUT2D eigenvalue weighted by atomic mass is 79.9. The Morgan fingerprint density at radius 1 is 1.17 bits per heavy atom. The summed E-state index contributed by atoms with van der Waals surface area (Å²) in [5.41, 5.74) is 0. The summed E-state index contributed by atoms with van der Waals surface area (Å²) in [7, 11) is 0. The molecule has 0 unspecified atom stereocenters. The van der Waals surface area contributed by atoms with Crippen LogP contribution in [-0.4, -0.2) is 16.4 Å². The van der Waals surface area contributed by atoms with Crippen molar-refractivity contribution in [2.75, 3.05) is 5.33 Å². The van der Waals surface area contributed by atoms with Crippen molar-refractivity contribution in [1.82, 2.24) is 0 Å². The van der Waals surface area contributed by atoms with Gasteiger partial charge < -0.3 is 5.11 Å². The van der Waals surface area contributed by atoms with Crippen LogP contribution < -0.4 is 0 Å². The molecule has 3 heteroatoms. The molecule has 0 saturated heterocycles. The Morgan fingerprint density at radius 3 is 2.08 bits per heavy atom. The van der Waals surface area contributed by atoms with E-state index in [1.165, 1.54) is 0 Å². The van der Waals surface area contributed by atoms with Gasteiger partial charge in [-0.15, -0.1) is 0 Å². The Balaban J connectivity index is 0. The number of aliphatic carboxylic acids is 1. The van der Waals surface area contributed by atoms with Gasteiger partial charge >= 0.3 is 5.97 Å². The number of halogens is 1. The van der Waals surface area contributed by atoms with Crippen LogP contribution in [0.15, 0.2) is 0 Å². The van der Waals surface area contributed by atoms with Crippen LogP contribution in [0.1, 0.15) is 46.0 Å². The number of carboxylic acids is 1. The maximum atomic E-state index is 10.0. The van der Waals surface area contributed by atoms with Crippen LogP contribution in [-0.2, 0) is 4.79 Å². The molecule has 0 spiro atoms. The summed E-state index contributed by atoms with van der Waals surface area (Å²) in [6.07, 6.45) is 4.47. The van der Waals surface area contributed by atoms with Gasteiger partial charge in [0.25, 0.3) is 0 Å². The third-order valence-corrected chi connectivity index (χ3v) is 1.84. The summed E-state index contributed by atoms with van der Waals surface area (Å²) in [6, 6.07) is 0. The summed E-state index contributed by atoms with van der Waals surface area (Å²) < 4.78 is 0. The van der Waals surface area contributed by atoms with Crippen LogP contribution in [0.25, 0.3) is 0 Å². The summed E-state index contributed by atoms with van der Waals surface area (Å²) in [6.45, 7) is 4.00. The van der Waals surface area contributed by atoms with Gasteiger partial charge in [-0.05, 0) is 12.8 Å². The second-order valence-electron chi connectivity index (χ2n) is 2.25. The minimum Gasteiger partial charge on any atom is -0.481 e. The van der Waals surface area contributed by atoms with E-state index in [0.717, 1.165) is 31.0 Å². The number of hydrogen-bond donors (Lipinski definition) is 1. The quantitative estimate of drug-likeness (QED) is 0.569.